The Balaban J connectivity index is 1.63. The van der Waals surface area contributed by atoms with Gasteiger partial charge in [0.05, 0.1) is 12.7 Å². The zero-order valence-electron chi connectivity index (χ0n) is 24.1. The molecule has 0 aromatic heterocycles. The topological polar surface area (TPSA) is 146 Å². The molecule has 14 heteroatoms. The summed E-state index contributed by atoms with van der Waals surface area (Å²) in [6, 6.07) is 8.06. The molecule has 2 aromatic carbocycles. The molecular formula is C29H34F3N9O2. The molecule has 43 heavy (non-hydrogen) atoms. The molecule has 6 N–H and O–H groups in total. The SMILES string of the molecule is C=C/N=C1/C(N)=NC(N2CCCN(C)CC2)=N/C1=C(/N)Nc1cc(C(=O)Nc2ccc(OC)c(C(F)(F)F)c2)ccc1C. The molecule has 1 amide bonds. The van der Waals surface area contributed by atoms with Gasteiger partial charge in [0.25, 0.3) is 5.91 Å². The third kappa shape index (κ3) is 7.33. The van der Waals surface area contributed by atoms with Crippen molar-refractivity contribution >= 4 is 34.8 Å². The van der Waals surface area contributed by atoms with E-state index in [1.807, 2.05) is 4.90 Å². The summed E-state index contributed by atoms with van der Waals surface area (Å²) in [6.45, 7) is 8.67. The van der Waals surface area contributed by atoms with E-state index in [9.17, 15) is 18.0 Å². The number of aryl methyl sites for hydroxylation is 1. The number of nitrogens with two attached hydrogens (primary N) is 2. The number of carbonyl (C=O) groups excluding carboxylic acids is 1. The van der Waals surface area contributed by atoms with E-state index in [1.165, 1.54) is 18.3 Å². The fourth-order valence-electron chi connectivity index (χ4n) is 4.57. The van der Waals surface area contributed by atoms with E-state index in [2.05, 4.69) is 39.1 Å². The minimum Gasteiger partial charge on any atom is -0.496 e. The van der Waals surface area contributed by atoms with Crippen LogP contribution in [0.2, 0.25) is 0 Å². The van der Waals surface area contributed by atoms with Crippen molar-refractivity contribution in [3.8, 4) is 5.75 Å². The van der Waals surface area contributed by atoms with Crippen molar-refractivity contribution in [2.45, 2.75) is 19.5 Å². The van der Waals surface area contributed by atoms with E-state index >= 15 is 0 Å². The number of nitrogens with zero attached hydrogens (tertiary/aromatic N) is 5. The first-order valence-electron chi connectivity index (χ1n) is 13.4. The first kappa shape index (κ1) is 31.1. The molecule has 228 valence electrons. The van der Waals surface area contributed by atoms with E-state index in [1.54, 1.807) is 19.1 Å². The quantitative estimate of drug-likeness (QED) is 0.397. The molecule has 11 nitrogen and oxygen atoms in total. The summed E-state index contributed by atoms with van der Waals surface area (Å²) in [4.78, 5) is 30.7. The molecule has 2 aromatic rings. The van der Waals surface area contributed by atoms with Crippen LogP contribution in [0.25, 0.3) is 0 Å². The summed E-state index contributed by atoms with van der Waals surface area (Å²) in [5.74, 6) is -0.323. The molecule has 0 saturated carbocycles. The van der Waals surface area contributed by atoms with E-state index in [4.69, 9.17) is 21.2 Å². The molecule has 0 radical (unpaired) electrons. The summed E-state index contributed by atoms with van der Waals surface area (Å²) >= 11 is 0. The van der Waals surface area contributed by atoms with Gasteiger partial charge >= 0.3 is 6.18 Å². The number of methoxy groups -OCH3 is 1. The highest BCUT2D eigenvalue weighted by Crippen LogP contribution is 2.37. The van der Waals surface area contributed by atoms with Crippen molar-refractivity contribution in [1.29, 1.82) is 0 Å². The minimum atomic E-state index is -4.66. The Bertz CT molecular complexity index is 1530. The van der Waals surface area contributed by atoms with Gasteiger partial charge in [-0.25, -0.2) is 4.99 Å². The predicted molar refractivity (Wildman–Crippen MR) is 162 cm³/mol. The van der Waals surface area contributed by atoms with Crippen molar-refractivity contribution < 1.29 is 22.7 Å². The summed E-state index contributed by atoms with van der Waals surface area (Å²) in [5, 5.41) is 5.59. The molecule has 0 atom stereocenters. The second-order valence-electron chi connectivity index (χ2n) is 10.00. The lowest BCUT2D eigenvalue weighted by molar-refractivity contribution is -0.138. The van der Waals surface area contributed by atoms with Gasteiger partial charge in [0.15, 0.2) is 5.84 Å². The summed E-state index contributed by atoms with van der Waals surface area (Å²) < 4.78 is 45.2. The van der Waals surface area contributed by atoms with Gasteiger partial charge in [-0.2, -0.15) is 18.2 Å². The highest BCUT2D eigenvalue weighted by Gasteiger charge is 2.34. The zero-order valence-corrected chi connectivity index (χ0v) is 24.1. The first-order chi connectivity index (χ1) is 20.4. The Morgan fingerprint density at radius 1 is 1.12 bits per heavy atom. The maximum atomic E-state index is 13.5. The number of anilines is 2. The molecule has 2 aliphatic heterocycles. The number of benzene rings is 2. The number of hydrogen-bond donors (Lipinski definition) is 4. The van der Waals surface area contributed by atoms with Crippen LogP contribution >= 0.6 is 0 Å². The van der Waals surface area contributed by atoms with Crippen LogP contribution in [0.15, 0.2) is 75.7 Å². The van der Waals surface area contributed by atoms with E-state index in [0.29, 0.717) is 18.2 Å². The van der Waals surface area contributed by atoms with Crippen molar-refractivity contribution in [3.05, 3.63) is 77.4 Å². The van der Waals surface area contributed by atoms with Crippen molar-refractivity contribution in [2.24, 2.45) is 26.4 Å². The fourth-order valence-corrected chi connectivity index (χ4v) is 4.57. The number of likely N-dealkylation sites (N-methyl/N-ethyl adjacent to an activating group) is 1. The third-order valence-electron chi connectivity index (χ3n) is 6.91. The normalized spacial score (nSPS) is 18.4. The standard InChI is InChI=1S/C29H34F3N9O2/c1-5-35-23-24(38-28(39-25(23)33)41-12-6-11-40(3)13-14-41)26(34)37-21-15-18(8-7-17(21)2)27(42)36-19-9-10-22(43-4)20(16-19)29(30,31)32/h5,7-10,15-16,37H,1,6,11-14,34H2,2-4H3,(H,36,42)(H2,33,38,39)/b26-24-,35-23+. The van der Waals surface area contributed by atoms with E-state index < -0.39 is 17.6 Å². The van der Waals surface area contributed by atoms with Gasteiger partial charge in [0, 0.05) is 42.8 Å². The number of hydrogen-bond acceptors (Lipinski definition) is 10. The van der Waals surface area contributed by atoms with Gasteiger partial charge in [-0.3, -0.25) is 9.79 Å². The number of rotatable bonds is 6. The van der Waals surface area contributed by atoms with Gasteiger partial charge in [-0.1, -0.05) is 12.6 Å². The van der Waals surface area contributed by atoms with Gasteiger partial charge in [0.2, 0.25) is 5.96 Å². The Hall–Kier alpha value is -4.85. The molecule has 1 saturated heterocycles. The van der Waals surface area contributed by atoms with Gasteiger partial charge < -0.3 is 36.6 Å². The third-order valence-corrected chi connectivity index (χ3v) is 6.91. The number of amides is 1. The smallest absolute Gasteiger partial charge is 0.420 e. The summed E-state index contributed by atoms with van der Waals surface area (Å²) in [6.07, 6.45) is -2.43. The van der Waals surface area contributed by atoms with Crippen LogP contribution in [0.3, 0.4) is 0 Å². The van der Waals surface area contributed by atoms with Gasteiger partial charge in [0.1, 0.15) is 23.0 Å². The minimum absolute atomic E-state index is 0.0429. The number of amidine groups is 1. The van der Waals surface area contributed by atoms with Crippen LogP contribution in [0, 0.1) is 6.92 Å². The Morgan fingerprint density at radius 3 is 2.58 bits per heavy atom. The molecule has 2 aliphatic rings. The van der Waals surface area contributed by atoms with Crippen LogP contribution in [0.4, 0.5) is 24.5 Å². The zero-order chi connectivity index (χ0) is 31.3. The lowest BCUT2D eigenvalue weighted by Gasteiger charge is -2.25. The van der Waals surface area contributed by atoms with E-state index in [-0.39, 0.29) is 40.1 Å². The van der Waals surface area contributed by atoms with Crippen LogP contribution in [0.5, 0.6) is 5.75 Å². The maximum Gasteiger partial charge on any atom is 0.420 e. The average Bonchev–Trinajstić information content (AvgIpc) is 3.18. The predicted octanol–water partition coefficient (Wildman–Crippen LogP) is 3.76. The first-order valence-corrected chi connectivity index (χ1v) is 13.4. The molecule has 0 spiro atoms. The molecule has 0 aliphatic carbocycles. The molecule has 0 unspecified atom stereocenters. The number of nitrogens with one attached hydrogen (secondary N) is 2. The Morgan fingerprint density at radius 2 is 1.88 bits per heavy atom. The number of carbonyl (C=O) groups is 1. The number of alkyl halides is 3. The van der Waals surface area contributed by atoms with Crippen LogP contribution in [-0.2, 0) is 6.18 Å². The van der Waals surface area contributed by atoms with Crippen LogP contribution in [0.1, 0.15) is 27.9 Å². The van der Waals surface area contributed by atoms with E-state index in [0.717, 1.165) is 50.9 Å². The second kappa shape index (κ2) is 13.0. The van der Waals surface area contributed by atoms with Crippen LogP contribution in [-0.4, -0.2) is 73.6 Å². The highest BCUT2D eigenvalue weighted by molar-refractivity contribution is 6.49. The fraction of sp³-hybridized carbons (Fsp3) is 0.310. The number of guanidine groups is 1. The van der Waals surface area contributed by atoms with Crippen molar-refractivity contribution in [3.63, 3.8) is 0 Å². The lowest BCUT2D eigenvalue weighted by Crippen LogP contribution is -2.40. The molecular weight excluding hydrogens is 563 g/mol. The molecule has 1 fully saturated rings. The molecule has 2 heterocycles. The molecule has 4 rings (SSSR count). The summed E-state index contributed by atoms with van der Waals surface area (Å²) in [5.41, 5.74) is 13.6. The lowest BCUT2D eigenvalue weighted by atomic mass is 10.1. The van der Waals surface area contributed by atoms with Crippen LogP contribution < -0.4 is 26.8 Å². The van der Waals surface area contributed by atoms with Crippen molar-refractivity contribution in [2.75, 3.05) is 51.0 Å². The number of ether oxygens (including phenoxy) is 1. The average molecular weight is 598 g/mol. The van der Waals surface area contributed by atoms with Gasteiger partial charge in [-0.05, 0) is 62.8 Å². The van der Waals surface area contributed by atoms with Crippen molar-refractivity contribution in [1.82, 2.24) is 9.80 Å². The Labute approximate surface area is 247 Å². The maximum absolute atomic E-state index is 13.5. The van der Waals surface area contributed by atoms with Gasteiger partial charge in [-0.15, -0.1) is 0 Å². The molecule has 0 bridgehead atoms. The largest absolute Gasteiger partial charge is 0.496 e. The summed E-state index contributed by atoms with van der Waals surface area (Å²) in [7, 11) is 3.20. The number of halogens is 3. The number of aliphatic imine (C=N–C) groups is 3. The second-order valence-corrected chi connectivity index (χ2v) is 10.00. The Kier molecular flexibility index (Phi) is 9.39. The highest BCUT2D eigenvalue weighted by atomic mass is 19.4. The monoisotopic (exact) mass is 597 g/mol.